The van der Waals surface area contributed by atoms with E-state index in [0.29, 0.717) is 10.8 Å². The van der Waals surface area contributed by atoms with E-state index >= 15 is 0 Å². The minimum atomic E-state index is 0.326. The van der Waals surface area contributed by atoms with Crippen LogP contribution in [-0.2, 0) is 0 Å². The summed E-state index contributed by atoms with van der Waals surface area (Å²) in [6, 6.07) is 11.2. The molecule has 2 fully saturated rings. The van der Waals surface area contributed by atoms with Crippen molar-refractivity contribution >= 4 is 16.6 Å². The zero-order chi connectivity index (χ0) is 19.8. The molecule has 29 heavy (non-hydrogen) atoms. The third kappa shape index (κ3) is 2.39. The van der Waals surface area contributed by atoms with E-state index in [1.54, 1.807) is 5.70 Å². The molecule has 0 bridgehead atoms. The van der Waals surface area contributed by atoms with Crippen LogP contribution in [0.25, 0.3) is 16.6 Å². The average molecular weight is 386 g/mol. The highest BCUT2D eigenvalue weighted by atomic mass is 15.0. The van der Waals surface area contributed by atoms with Crippen LogP contribution in [0.5, 0.6) is 0 Å². The van der Waals surface area contributed by atoms with Gasteiger partial charge in [0.1, 0.15) is 0 Å². The molecule has 4 aliphatic rings. The Balaban J connectivity index is 1.36. The van der Waals surface area contributed by atoms with Crippen LogP contribution in [0.1, 0.15) is 65.7 Å². The van der Waals surface area contributed by atoms with Crippen LogP contribution in [0.15, 0.2) is 54.3 Å². The van der Waals surface area contributed by atoms with Gasteiger partial charge in [0, 0.05) is 17.3 Å². The number of benzene rings is 1. The number of allylic oxidation sites excluding steroid dienone is 4. The Bertz CT molecular complexity index is 1020. The highest BCUT2D eigenvalue weighted by molar-refractivity contribution is 5.84. The van der Waals surface area contributed by atoms with Crippen LogP contribution in [0.3, 0.4) is 0 Å². The first-order valence-corrected chi connectivity index (χ1v) is 12.0. The molecule has 2 aromatic rings. The van der Waals surface area contributed by atoms with E-state index in [1.807, 2.05) is 5.57 Å². The Morgan fingerprint density at radius 2 is 1.72 bits per heavy atom. The van der Waals surface area contributed by atoms with E-state index in [9.17, 15) is 0 Å². The number of rotatable bonds is 1. The standard InChI is InChI=1S/C28H35N/c1-19-12-15-27(2)21(18-19)8-9-22-23-10-11-26(28(23,3)16-13-24(22)27)29-17-14-20-6-4-5-7-25(20)29/h4-8,11,14,17,19,22-24H,9-10,12-13,15-16,18H2,1-3H3/t19-,22?,23?,24?,27+,28+/m1/s1. The van der Waals surface area contributed by atoms with Crippen LogP contribution in [0.2, 0.25) is 0 Å². The fourth-order valence-corrected chi connectivity index (χ4v) is 8.05. The molecule has 152 valence electrons. The van der Waals surface area contributed by atoms with Crippen LogP contribution in [0, 0.1) is 34.5 Å². The molecule has 1 heterocycles. The lowest BCUT2D eigenvalue weighted by Crippen LogP contribution is -2.49. The van der Waals surface area contributed by atoms with Crippen LogP contribution in [0.4, 0.5) is 0 Å². The number of fused-ring (bicyclic) bond motifs is 6. The van der Waals surface area contributed by atoms with Gasteiger partial charge in [0.15, 0.2) is 0 Å². The van der Waals surface area contributed by atoms with Crippen molar-refractivity contribution in [3.05, 3.63) is 54.3 Å². The van der Waals surface area contributed by atoms with Crippen LogP contribution < -0.4 is 0 Å². The number of hydrogen-bond acceptors (Lipinski definition) is 0. The van der Waals surface area contributed by atoms with Crippen molar-refractivity contribution in [2.45, 2.75) is 65.7 Å². The van der Waals surface area contributed by atoms with Crippen molar-refractivity contribution in [3.63, 3.8) is 0 Å². The molecule has 1 heteroatoms. The van der Waals surface area contributed by atoms with Crippen LogP contribution in [-0.4, -0.2) is 4.57 Å². The predicted octanol–water partition coefficient (Wildman–Crippen LogP) is 7.69. The monoisotopic (exact) mass is 385 g/mol. The first kappa shape index (κ1) is 18.0. The Morgan fingerprint density at radius 3 is 2.62 bits per heavy atom. The maximum absolute atomic E-state index is 2.70. The minimum absolute atomic E-state index is 0.326. The predicted molar refractivity (Wildman–Crippen MR) is 122 cm³/mol. The third-order valence-electron chi connectivity index (χ3n) is 9.75. The Labute approximate surface area is 175 Å². The quantitative estimate of drug-likeness (QED) is 0.443. The fourth-order valence-electron chi connectivity index (χ4n) is 8.05. The molecule has 0 radical (unpaired) electrons. The maximum atomic E-state index is 2.70. The lowest BCUT2D eigenvalue weighted by molar-refractivity contribution is -0.0150. The SMILES string of the molecule is C[C@@H]1CC[C@@]2(C)C(=CCC3C2CC[C@]2(C)C(n4ccc5ccccc54)=CCC32)C1. The van der Waals surface area contributed by atoms with E-state index in [-0.39, 0.29) is 0 Å². The molecule has 0 saturated heterocycles. The second-order valence-electron chi connectivity index (χ2n) is 11.1. The van der Waals surface area contributed by atoms with Crippen LogP contribution >= 0.6 is 0 Å². The fraction of sp³-hybridized carbons (Fsp3) is 0.571. The van der Waals surface area contributed by atoms with E-state index < -0.39 is 0 Å². The summed E-state index contributed by atoms with van der Waals surface area (Å²) in [4.78, 5) is 0. The molecule has 1 aromatic carbocycles. The normalized spacial score (nSPS) is 41.3. The molecule has 1 aromatic heterocycles. The number of hydrogen-bond donors (Lipinski definition) is 0. The minimum Gasteiger partial charge on any atom is -0.320 e. The van der Waals surface area contributed by atoms with Gasteiger partial charge in [-0.25, -0.2) is 0 Å². The summed E-state index contributed by atoms with van der Waals surface area (Å²) in [6.07, 6.45) is 17.2. The smallest absolute Gasteiger partial charge is 0.0525 e. The van der Waals surface area contributed by atoms with E-state index in [4.69, 9.17) is 0 Å². The lowest BCUT2D eigenvalue weighted by atomic mass is 9.47. The van der Waals surface area contributed by atoms with Crippen molar-refractivity contribution in [2.24, 2.45) is 34.5 Å². The van der Waals surface area contributed by atoms with Crippen molar-refractivity contribution in [2.75, 3.05) is 0 Å². The van der Waals surface area contributed by atoms with E-state index in [2.05, 4.69) is 74.0 Å². The lowest BCUT2D eigenvalue weighted by Gasteiger charge is -2.57. The average Bonchev–Trinajstić information content (AvgIpc) is 3.29. The number of nitrogens with zero attached hydrogens (tertiary/aromatic N) is 1. The molecular formula is C28H35N. The Morgan fingerprint density at radius 1 is 0.897 bits per heavy atom. The first-order chi connectivity index (χ1) is 14.0. The Hall–Kier alpha value is -1.76. The molecule has 0 amide bonds. The largest absolute Gasteiger partial charge is 0.320 e. The molecule has 3 unspecified atom stereocenters. The van der Waals surface area contributed by atoms with Crippen molar-refractivity contribution in [1.29, 1.82) is 0 Å². The second-order valence-corrected chi connectivity index (χ2v) is 11.1. The summed E-state index contributed by atoms with van der Waals surface area (Å²) in [5.74, 6) is 3.47. The van der Waals surface area contributed by atoms with Gasteiger partial charge in [0.2, 0.25) is 0 Å². The molecule has 4 aliphatic carbocycles. The second kappa shape index (κ2) is 6.13. The topological polar surface area (TPSA) is 4.93 Å². The summed E-state index contributed by atoms with van der Waals surface area (Å²) < 4.78 is 2.52. The van der Waals surface area contributed by atoms with Crippen molar-refractivity contribution < 1.29 is 0 Å². The summed E-state index contributed by atoms with van der Waals surface area (Å²) in [7, 11) is 0. The van der Waals surface area contributed by atoms with Gasteiger partial charge in [0.25, 0.3) is 0 Å². The van der Waals surface area contributed by atoms with Gasteiger partial charge >= 0.3 is 0 Å². The maximum Gasteiger partial charge on any atom is 0.0525 e. The van der Waals surface area contributed by atoms with E-state index in [0.717, 1.165) is 23.7 Å². The zero-order valence-corrected chi connectivity index (χ0v) is 18.3. The molecule has 2 saturated carbocycles. The van der Waals surface area contributed by atoms with Crippen molar-refractivity contribution in [3.8, 4) is 0 Å². The molecule has 6 rings (SSSR count). The summed E-state index contributed by atoms with van der Waals surface area (Å²) >= 11 is 0. The molecular weight excluding hydrogens is 350 g/mol. The Kier molecular flexibility index (Phi) is 3.81. The first-order valence-electron chi connectivity index (χ1n) is 12.0. The van der Waals surface area contributed by atoms with Crippen molar-refractivity contribution in [1.82, 2.24) is 4.57 Å². The van der Waals surface area contributed by atoms with Gasteiger partial charge in [-0.2, -0.15) is 0 Å². The molecule has 1 nitrogen and oxygen atoms in total. The zero-order valence-electron chi connectivity index (χ0n) is 18.3. The van der Waals surface area contributed by atoms with Gasteiger partial charge in [0.05, 0.1) is 5.52 Å². The highest BCUT2D eigenvalue weighted by Gasteiger charge is 2.56. The van der Waals surface area contributed by atoms with Gasteiger partial charge in [-0.05, 0) is 91.6 Å². The third-order valence-corrected chi connectivity index (χ3v) is 9.75. The van der Waals surface area contributed by atoms with Gasteiger partial charge in [-0.15, -0.1) is 0 Å². The van der Waals surface area contributed by atoms with Gasteiger partial charge in [-0.3, -0.25) is 0 Å². The van der Waals surface area contributed by atoms with Gasteiger partial charge < -0.3 is 4.57 Å². The number of para-hydroxylation sites is 1. The molecule has 0 spiro atoms. The summed E-state index contributed by atoms with van der Waals surface area (Å²) in [6.45, 7) is 7.68. The molecule has 6 atom stereocenters. The molecule has 0 N–H and O–H groups in total. The van der Waals surface area contributed by atoms with Gasteiger partial charge in [-0.1, -0.05) is 56.7 Å². The summed E-state index contributed by atoms with van der Waals surface area (Å²) in [5.41, 5.74) is 5.59. The molecule has 0 aliphatic heterocycles. The van der Waals surface area contributed by atoms with E-state index in [1.165, 1.54) is 55.8 Å². The highest BCUT2D eigenvalue weighted by Crippen LogP contribution is 2.66. The summed E-state index contributed by atoms with van der Waals surface area (Å²) in [5, 5.41) is 1.36. The number of aromatic nitrogens is 1.